The van der Waals surface area contributed by atoms with Gasteiger partial charge in [-0.3, -0.25) is 0 Å². The summed E-state index contributed by atoms with van der Waals surface area (Å²) in [5.74, 6) is -1.05. The topological polar surface area (TPSA) is 59.4 Å². The van der Waals surface area contributed by atoms with E-state index in [1.807, 2.05) is 0 Å². The number of hydrogen-bond donors (Lipinski definition) is 1. The predicted molar refractivity (Wildman–Crippen MR) is 56.7 cm³/mol. The molecule has 80 valence electrons. The standard InChI is InChI=1S/C10H10ClNO3/c1-15-6-4-8(10(13)14)7-3-2-5-12-9(7)11/h2-5H,6H2,1H3,(H,13,14)/b8-4+. The molecule has 0 spiro atoms. The number of carboxylic acids is 1. The highest BCUT2D eigenvalue weighted by molar-refractivity contribution is 6.33. The van der Waals surface area contributed by atoms with Crippen molar-refractivity contribution in [3.63, 3.8) is 0 Å². The van der Waals surface area contributed by atoms with Gasteiger partial charge in [-0.1, -0.05) is 11.6 Å². The van der Waals surface area contributed by atoms with Gasteiger partial charge < -0.3 is 9.84 Å². The maximum absolute atomic E-state index is 10.9. The number of ether oxygens (including phenoxy) is 1. The summed E-state index contributed by atoms with van der Waals surface area (Å²) in [5, 5.41) is 9.14. The lowest BCUT2D eigenvalue weighted by Gasteiger charge is -2.03. The highest BCUT2D eigenvalue weighted by atomic mass is 35.5. The van der Waals surface area contributed by atoms with Gasteiger partial charge >= 0.3 is 5.97 Å². The first kappa shape index (κ1) is 11.7. The summed E-state index contributed by atoms with van der Waals surface area (Å²) in [5.41, 5.74) is 0.485. The molecule has 0 aliphatic rings. The van der Waals surface area contributed by atoms with Crippen molar-refractivity contribution in [1.29, 1.82) is 0 Å². The van der Waals surface area contributed by atoms with Gasteiger partial charge in [-0.05, 0) is 18.2 Å². The van der Waals surface area contributed by atoms with Crippen LogP contribution in [0.15, 0.2) is 24.4 Å². The van der Waals surface area contributed by atoms with Crippen molar-refractivity contribution in [2.24, 2.45) is 0 Å². The number of pyridine rings is 1. The first-order valence-electron chi connectivity index (χ1n) is 4.20. The zero-order chi connectivity index (χ0) is 11.3. The third-order valence-corrected chi connectivity index (χ3v) is 2.03. The molecule has 0 bridgehead atoms. The van der Waals surface area contributed by atoms with Gasteiger partial charge in [0.1, 0.15) is 5.15 Å². The van der Waals surface area contributed by atoms with E-state index in [-0.39, 0.29) is 17.3 Å². The van der Waals surface area contributed by atoms with Crippen LogP contribution in [0.4, 0.5) is 0 Å². The Morgan fingerprint density at radius 1 is 1.73 bits per heavy atom. The summed E-state index contributed by atoms with van der Waals surface area (Å²) >= 11 is 5.79. The summed E-state index contributed by atoms with van der Waals surface area (Å²) in [6.45, 7) is 0.215. The van der Waals surface area contributed by atoms with Crippen molar-refractivity contribution in [1.82, 2.24) is 4.98 Å². The minimum atomic E-state index is -1.05. The Kier molecular flexibility index (Phi) is 4.27. The number of aliphatic carboxylic acids is 1. The monoisotopic (exact) mass is 227 g/mol. The van der Waals surface area contributed by atoms with Crippen LogP contribution in [0.2, 0.25) is 5.15 Å². The molecule has 0 aromatic carbocycles. The van der Waals surface area contributed by atoms with Crippen LogP contribution >= 0.6 is 11.6 Å². The number of nitrogens with zero attached hydrogens (tertiary/aromatic N) is 1. The summed E-state index contributed by atoms with van der Waals surface area (Å²) in [6.07, 6.45) is 2.95. The maximum Gasteiger partial charge on any atom is 0.336 e. The fourth-order valence-corrected chi connectivity index (χ4v) is 1.29. The van der Waals surface area contributed by atoms with E-state index in [0.29, 0.717) is 5.56 Å². The Bertz CT molecular complexity index is 390. The number of carboxylic acid groups (broad SMARTS) is 1. The Morgan fingerprint density at radius 2 is 2.47 bits per heavy atom. The van der Waals surface area contributed by atoms with E-state index in [1.54, 1.807) is 12.1 Å². The summed E-state index contributed by atoms with van der Waals surface area (Å²) < 4.78 is 4.78. The molecule has 1 rings (SSSR count). The first-order chi connectivity index (χ1) is 7.16. The van der Waals surface area contributed by atoms with Crippen molar-refractivity contribution in [3.8, 4) is 0 Å². The van der Waals surface area contributed by atoms with Gasteiger partial charge in [0, 0.05) is 18.9 Å². The van der Waals surface area contributed by atoms with E-state index >= 15 is 0 Å². The highest BCUT2D eigenvalue weighted by Gasteiger charge is 2.13. The molecule has 0 saturated carbocycles. The van der Waals surface area contributed by atoms with Crippen molar-refractivity contribution >= 4 is 23.1 Å². The largest absolute Gasteiger partial charge is 0.478 e. The molecule has 0 saturated heterocycles. The van der Waals surface area contributed by atoms with Crippen LogP contribution in [0.25, 0.3) is 5.57 Å². The molecule has 0 unspecified atom stereocenters. The number of hydrogen-bond acceptors (Lipinski definition) is 3. The number of methoxy groups -OCH3 is 1. The lowest BCUT2D eigenvalue weighted by atomic mass is 10.1. The fraction of sp³-hybridized carbons (Fsp3) is 0.200. The smallest absolute Gasteiger partial charge is 0.336 e. The van der Waals surface area contributed by atoms with Crippen molar-refractivity contribution in [2.75, 3.05) is 13.7 Å². The van der Waals surface area contributed by atoms with Gasteiger partial charge in [-0.25, -0.2) is 9.78 Å². The van der Waals surface area contributed by atoms with E-state index in [9.17, 15) is 4.79 Å². The highest BCUT2D eigenvalue weighted by Crippen LogP contribution is 2.21. The molecule has 1 aromatic heterocycles. The van der Waals surface area contributed by atoms with Gasteiger partial charge in [0.25, 0.3) is 0 Å². The molecular weight excluding hydrogens is 218 g/mol. The van der Waals surface area contributed by atoms with E-state index in [4.69, 9.17) is 21.4 Å². The van der Waals surface area contributed by atoms with Gasteiger partial charge in [0.15, 0.2) is 0 Å². The summed E-state index contributed by atoms with van der Waals surface area (Å²) in [7, 11) is 1.49. The van der Waals surface area contributed by atoms with Crippen molar-refractivity contribution in [2.45, 2.75) is 0 Å². The zero-order valence-corrected chi connectivity index (χ0v) is 8.86. The van der Waals surface area contributed by atoms with Crippen LogP contribution in [-0.2, 0) is 9.53 Å². The Morgan fingerprint density at radius 3 is 3.00 bits per heavy atom. The van der Waals surface area contributed by atoms with Crippen molar-refractivity contribution < 1.29 is 14.6 Å². The molecule has 4 nitrogen and oxygen atoms in total. The van der Waals surface area contributed by atoms with Crippen LogP contribution in [0.3, 0.4) is 0 Å². The summed E-state index contributed by atoms with van der Waals surface area (Å²) in [4.78, 5) is 14.8. The zero-order valence-electron chi connectivity index (χ0n) is 8.11. The normalized spacial score (nSPS) is 11.5. The number of rotatable bonds is 4. The maximum atomic E-state index is 10.9. The first-order valence-corrected chi connectivity index (χ1v) is 4.58. The average Bonchev–Trinajstić information content (AvgIpc) is 2.20. The van der Waals surface area contributed by atoms with Crippen LogP contribution in [0.5, 0.6) is 0 Å². The SMILES string of the molecule is COC/C=C(/C(=O)O)c1cccnc1Cl. The third kappa shape index (κ3) is 3.04. The van der Waals surface area contributed by atoms with Crippen LogP contribution in [0, 0.1) is 0 Å². The second kappa shape index (κ2) is 5.48. The molecule has 1 heterocycles. The van der Waals surface area contributed by atoms with E-state index < -0.39 is 5.97 Å². The van der Waals surface area contributed by atoms with E-state index in [2.05, 4.69) is 4.98 Å². The second-order valence-electron chi connectivity index (χ2n) is 2.72. The Labute approximate surface area is 92.2 Å². The third-order valence-electron chi connectivity index (χ3n) is 1.73. The van der Waals surface area contributed by atoms with Gasteiger partial charge in [0.05, 0.1) is 12.2 Å². The van der Waals surface area contributed by atoms with Crippen LogP contribution in [0.1, 0.15) is 5.56 Å². The number of carbonyl (C=O) groups is 1. The Hall–Kier alpha value is -1.39. The van der Waals surface area contributed by atoms with Gasteiger partial charge in [0.2, 0.25) is 0 Å². The molecule has 1 N–H and O–H groups in total. The lowest BCUT2D eigenvalue weighted by molar-refractivity contribution is -0.130. The minimum absolute atomic E-state index is 0.0925. The molecule has 1 aromatic rings. The van der Waals surface area contributed by atoms with Gasteiger partial charge in [-0.2, -0.15) is 0 Å². The molecule has 0 aliphatic heterocycles. The van der Waals surface area contributed by atoms with E-state index in [0.717, 1.165) is 0 Å². The summed E-state index contributed by atoms with van der Waals surface area (Å²) in [6, 6.07) is 3.23. The average molecular weight is 228 g/mol. The second-order valence-corrected chi connectivity index (χ2v) is 3.08. The molecular formula is C10H10ClNO3. The van der Waals surface area contributed by atoms with Crippen LogP contribution in [-0.4, -0.2) is 29.8 Å². The fourth-order valence-electron chi connectivity index (χ4n) is 1.07. The molecule has 0 atom stereocenters. The Balaban J connectivity index is 3.10. The van der Waals surface area contributed by atoms with Gasteiger partial charge in [-0.15, -0.1) is 0 Å². The van der Waals surface area contributed by atoms with Crippen molar-refractivity contribution in [3.05, 3.63) is 35.1 Å². The minimum Gasteiger partial charge on any atom is -0.478 e. The molecule has 15 heavy (non-hydrogen) atoms. The molecule has 0 amide bonds. The molecule has 0 aliphatic carbocycles. The lowest BCUT2D eigenvalue weighted by Crippen LogP contribution is -2.02. The number of halogens is 1. The molecule has 0 radical (unpaired) electrons. The van der Waals surface area contributed by atoms with E-state index in [1.165, 1.54) is 19.4 Å². The molecule has 5 heteroatoms. The number of aromatic nitrogens is 1. The predicted octanol–water partition coefficient (Wildman–Crippen LogP) is 1.85. The quantitative estimate of drug-likeness (QED) is 0.630. The van der Waals surface area contributed by atoms with Crippen LogP contribution < -0.4 is 0 Å². The molecule has 0 fully saturated rings.